The van der Waals surface area contributed by atoms with Crippen LogP contribution in [0.25, 0.3) is 6.08 Å². The van der Waals surface area contributed by atoms with Gasteiger partial charge in [-0.05, 0) is 68.0 Å². The van der Waals surface area contributed by atoms with Crippen LogP contribution in [0, 0.1) is 6.92 Å². The van der Waals surface area contributed by atoms with E-state index in [2.05, 4.69) is 5.32 Å². The van der Waals surface area contributed by atoms with Gasteiger partial charge in [-0.25, -0.2) is 0 Å². The first kappa shape index (κ1) is 24.6. The molecule has 0 saturated heterocycles. The highest BCUT2D eigenvalue weighted by Crippen LogP contribution is 2.36. The van der Waals surface area contributed by atoms with Crippen LogP contribution in [0.5, 0.6) is 11.5 Å². The summed E-state index contributed by atoms with van der Waals surface area (Å²) in [5.41, 5.74) is 2.91. The molecule has 1 N–H and O–H groups in total. The summed E-state index contributed by atoms with van der Waals surface area (Å²) in [5, 5.41) is 3.77. The van der Waals surface area contributed by atoms with Gasteiger partial charge >= 0.3 is 0 Å². The van der Waals surface area contributed by atoms with Gasteiger partial charge in [0.25, 0.3) is 5.91 Å². The van der Waals surface area contributed by atoms with E-state index in [1.807, 2.05) is 31.2 Å². The lowest BCUT2D eigenvalue weighted by Gasteiger charge is -2.33. The third-order valence-corrected chi connectivity index (χ3v) is 5.98. The van der Waals surface area contributed by atoms with Crippen molar-refractivity contribution >= 4 is 52.5 Å². The topological polar surface area (TPSA) is 67.9 Å². The molecule has 4 rings (SSSR count). The van der Waals surface area contributed by atoms with E-state index in [1.165, 1.54) is 6.08 Å². The molecule has 8 heteroatoms. The third-order valence-electron chi connectivity index (χ3n) is 5.42. The Labute approximate surface area is 214 Å². The highest BCUT2D eigenvalue weighted by molar-refractivity contribution is 6.35. The molecule has 1 aliphatic heterocycles. The average Bonchev–Trinajstić information content (AvgIpc) is 2.82. The predicted octanol–water partition coefficient (Wildman–Crippen LogP) is 6.15. The van der Waals surface area contributed by atoms with Gasteiger partial charge in [0, 0.05) is 21.8 Å². The van der Waals surface area contributed by atoms with E-state index in [-0.39, 0.29) is 11.8 Å². The standard InChI is InChI=1S/C27H24Cl2N2O4/c1-17-3-9-22(10-4-17)34-14-13-31-24-16-21(8-11-25(24)35-18(2)27(31)33)30-26(32)12-6-19-5-7-20(28)15-23(19)29/h3-12,15-16,18H,13-14H2,1-2H3,(H,30,32)/b12-6+. The fourth-order valence-electron chi connectivity index (χ4n) is 3.59. The van der Waals surface area contributed by atoms with Crippen LogP contribution in [-0.4, -0.2) is 31.1 Å². The number of amides is 2. The lowest BCUT2D eigenvalue weighted by Crippen LogP contribution is -2.46. The number of benzene rings is 3. The molecule has 180 valence electrons. The largest absolute Gasteiger partial charge is 0.492 e. The third kappa shape index (κ3) is 6.15. The van der Waals surface area contributed by atoms with Crippen molar-refractivity contribution in [2.24, 2.45) is 0 Å². The first-order chi connectivity index (χ1) is 16.8. The van der Waals surface area contributed by atoms with Crippen LogP contribution in [0.3, 0.4) is 0 Å². The van der Waals surface area contributed by atoms with Gasteiger partial charge in [-0.3, -0.25) is 9.59 Å². The van der Waals surface area contributed by atoms with Crippen LogP contribution in [0.4, 0.5) is 11.4 Å². The lowest BCUT2D eigenvalue weighted by atomic mass is 10.1. The van der Waals surface area contributed by atoms with E-state index in [0.717, 1.165) is 11.3 Å². The molecule has 35 heavy (non-hydrogen) atoms. The van der Waals surface area contributed by atoms with Crippen molar-refractivity contribution in [2.45, 2.75) is 20.0 Å². The summed E-state index contributed by atoms with van der Waals surface area (Å²) in [6.07, 6.45) is 2.37. The number of fused-ring (bicyclic) bond motifs is 1. The number of nitrogens with zero attached hydrogens (tertiary/aromatic N) is 1. The second-order valence-corrected chi connectivity index (χ2v) is 8.93. The van der Waals surface area contributed by atoms with E-state index >= 15 is 0 Å². The number of ether oxygens (including phenoxy) is 2. The number of anilines is 2. The van der Waals surface area contributed by atoms with Gasteiger partial charge < -0.3 is 19.7 Å². The van der Waals surface area contributed by atoms with Crippen molar-refractivity contribution in [3.8, 4) is 11.5 Å². The van der Waals surface area contributed by atoms with Crippen molar-refractivity contribution in [1.29, 1.82) is 0 Å². The molecule has 0 aliphatic carbocycles. The molecule has 0 aromatic heterocycles. The minimum absolute atomic E-state index is 0.175. The average molecular weight is 511 g/mol. The van der Waals surface area contributed by atoms with E-state index in [0.29, 0.717) is 45.9 Å². The minimum Gasteiger partial charge on any atom is -0.492 e. The van der Waals surface area contributed by atoms with Gasteiger partial charge in [0.1, 0.15) is 18.1 Å². The van der Waals surface area contributed by atoms with Crippen LogP contribution < -0.4 is 19.7 Å². The zero-order chi connectivity index (χ0) is 24.9. The zero-order valence-corrected chi connectivity index (χ0v) is 20.8. The molecule has 0 fully saturated rings. The van der Waals surface area contributed by atoms with Crippen LogP contribution in [0.15, 0.2) is 66.7 Å². The fraction of sp³-hybridized carbons (Fsp3) is 0.185. The number of carbonyl (C=O) groups excluding carboxylic acids is 2. The molecule has 1 heterocycles. The Bertz CT molecular complexity index is 1270. The van der Waals surface area contributed by atoms with Crippen LogP contribution in [0.2, 0.25) is 10.0 Å². The SMILES string of the molecule is Cc1ccc(OCCN2C(=O)C(C)Oc3ccc(NC(=O)/C=C/c4ccc(Cl)cc4Cl)cc32)cc1. The summed E-state index contributed by atoms with van der Waals surface area (Å²) in [6.45, 7) is 4.36. The molecule has 1 aliphatic rings. The summed E-state index contributed by atoms with van der Waals surface area (Å²) in [4.78, 5) is 27.0. The van der Waals surface area contributed by atoms with E-state index in [1.54, 1.807) is 54.3 Å². The minimum atomic E-state index is -0.616. The van der Waals surface area contributed by atoms with Gasteiger partial charge in [-0.2, -0.15) is 0 Å². The fourth-order valence-corrected chi connectivity index (χ4v) is 4.06. The summed E-state index contributed by atoms with van der Waals surface area (Å²) in [7, 11) is 0. The van der Waals surface area contributed by atoms with Gasteiger partial charge in [0.05, 0.1) is 12.2 Å². The maximum absolute atomic E-state index is 12.8. The first-order valence-electron chi connectivity index (χ1n) is 11.1. The Hall–Kier alpha value is -3.48. The van der Waals surface area contributed by atoms with Gasteiger partial charge in [0.2, 0.25) is 5.91 Å². The number of carbonyl (C=O) groups is 2. The molecule has 0 bridgehead atoms. The number of nitrogens with one attached hydrogen (secondary N) is 1. The molecular weight excluding hydrogens is 487 g/mol. The molecule has 0 radical (unpaired) electrons. The molecule has 6 nitrogen and oxygen atoms in total. The number of hydrogen-bond acceptors (Lipinski definition) is 4. The molecule has 3 aromatic carbocycles. The zero-order valence-electron chi connectivity index (χ0n) is 19.3. The van der Waals surface area contributed by atoms with Gasteiger partial charge in [0.15, 0.2) is 6.10 Å². The van der Waals surface area contributed by atoms with Crippen LogP contribution in [-0.2, 0) is 9.59 Å². The second-order valence-electron chi connectivity index (χ2n) is 8.08. The summed E-state index contributed by atoms with van der Waals surface area (Å²) in [5.74, 6) is 0.777. The molecule has 0 spiro atoms. The van der Waals surface area contributed by atoms with Crippen molar-refractivity contribution in [3.63, 3.8) is 0 Å². The van der Waals surface area contributed by atoms with E-state index in [9.17, 15) is 9.59 Å². The van der Waals surface area contributed by atoms with Crippen molar-refractivity contribution in [2.75, 3.05) is 23.4 Å². The molecular formula is C27H24Cl2N2O4. The Kier molecular flexibility index (Phi) is 7.63. The summed E-state index contributed by atoms with van der Waals surface area (Å²) in [6, 6.07) is 17.9. The monoisotopic (exact) mass is 510 g/mol. The lowest BCUT2D eigenvalue weighted by molar-refractivity contribution is -0.125. The van der Waals surface area contributed by atoms with E-state index in [4.69, 9.17) is 32.7 Å². The maximum Gasteiger partial charge on any atom is 0.267 e. The Balaban J connectivity index is 1.46. The second kappa shape index (κ2) is 10.8. The van der Waals surface area contributed by atoms with Gasteiger partial charge in [-0.1, -0.05) is 47.0 Å². The van der Waals surface area contributed by atoms with Crippen molar-refractivity contribution in [3.05, 3.63) is 87.9 Å². The van der Waals surface area contributed by atoms with Crippen molar-refractivity contribution < 1.29 is 19.1 Å². The Morgan fingerprint density at radius 2 is 1.89 bits per heavy atom. The highest BCUT2D eigenvalue weighted by atomic mass is 35.5. The Morgan fingerprint density at radius 3 is 2.63 bits per heavy atom. The highest BCUT2D eigenvalue weighted by Gasteiger charge is 2.31. The molecule has 0 saturated carbocycles. The molecule has 1 atom stereocenters. The van der Waals surface area contributed by atoms with Gasteiger partial charge in [-0.15, -0.1) is 0 Å². The first-order valence-corrected chi connectivity index (χ1v) is 11.8. The van der Waals surface area contributed by atoms with Crippen molar-refractivity contribution in [1.82, 2.24) is 0 Å². The van der Waals surface area contributed by atoms with Crippen LogP contribution >= 0.6 is 23.2 Å². The molecule has 1 unspecified atom stereocenters. The van der Waals surface area contributed by atoms with Crippen LogP contribution in [0.1, 0.15) is 18.1 Å². The Morgan fingerprint density at radius 1 is 1.11 bits per heavy atom. The predicted molar refractivity (Wildman–Crippen MR) is 140 cm³/mol. The van der Waals surface area contributed by atoms with E-state index < -0.39 is 6.10 Å². The number of aryl methyl sites for hydroxylation is 1. The number of hydrogen-bond donors (Lipinski definition) is 1. The number of rotatable bonds is 7. The molecule has 2 amide bonds. The normalized spacial score (nSPS) is 15.0. The molecule has 3 aromatic rings. The summed E-state index contributed by atoms with van der Waals surface area (Å²) < 4.78 is 11.6. The number of halogens is 2. The quantitative estimate of drug-likeness (QED) is 0.387. The maximum atomic E-state index is 12.8. The smallest absolute Gasteiger partial charge is 0.267 e. The summed E-state index contributed by atoms with van der Waals surface area (Å²) >= 11 is 12.1.